The number of nitrogens with one attached hydrogen (secondary N) is 2. The molecule has 2 unspecified atom stereocenters. The molecule has 1 aromatic rings. The largest absolute Gasteiger partial charge is 0.384 e. The normalized spacial score (nSPS) is 31.4. The van der Waals surface area contributed by atoms with E-state index in [9.17, 15) is 0 Å². The molecule has 1 heterocycles. The van der Waals surface area contributed by atoms with Gasteiger partial charge in [0, 0.05) is 23.5 Å². The number of benzene rings is 1. The Morgan fingerprint density at radius 1 is 1.03 bits per heavy atom. The number of anilines is 1. The van der Waals surface area contributed by atoms with Crippen molar-refractivity contribution in [3.05, 3.63) is 29.8 Å². The maximum atomic E-state index is 8.72. The maximum absolute atomic E-state index is 8.72. The number of rotatable bonds is 9. The van der Waals surface area contributed by atoms with E-state index in [2.05, 4.69) is 48.3 Å². The Kier molecular flexibility index (Phi) is 7.74. The number of nitrogens with zero attached hydrogens (tertiary/aromatic N) is 1. The molecule has 31 heavy (non-hydrogen) atoms. The highest BCUT2D eigenvalue weighted by molar-refractivity contribution is 6.02. The minimum Gasteiger partial charge on any atom is -0.384 e. The van der Waals surface area contributed by atoms with E-state index in [4.69, 9.17) is 5.41 Å². The van der Waals surface area contributed by atoms with Gasteiger partial charge in [-0.25, -0.2) is 0 Å². The second-order valence-electron chi connectivity index (χ2n) is 11.4. The molecule has 2 atom stereocenters. The predicted octanol–water partition coefficient (Wildman–Crippen LogP) is 6.98. The molecule has 2 aliphatic carbocycles. The number of hydrogen-bond acceptors (Lipinski definition) is 3. The minimum absolute atomic E-state index is 0.559. The van der Waals surface area contributed by atoms with Crippen LogP contribution in [0.4, 0.5) is 5.69 Å². The molecule has 2 N–H and O–H groups in total. The molecule has 0 amide bonds. The van der Waals surface area contributed by atoms with Gasteiger partial charge in [-0.3, -0.25) is 0 Å². The first-order chi connectivity index (χ1) is 15.0. The van der Waals surface area contributed by atoms with Crippen LogP contribution in [-0.4, -0.2) is 36.8 Å². The van der Waals surface area contributed by atoms with E-state index in [0.29, 0.717) is 5.41 Å². The molecule has 1 saturated heterocycles. The molecule has 1 aromatic carbocycles. The van der Waals surface area contributed by atoms with Crippen LogP contribution in [0.25, 0.3) is 0 Å². The zero-order valence-electron chi connectivity index (χ0n) is 20.1. The summed E-state index contributed by atoms with van der Waals surface area (Å²) in [5.74, 6) is 2.76. The summed E-state index contributed by atoms with van der Waals surface area (Å²) in [5, 5.41) is 12.5. The van der Waals surface area contributed by atoms with Gasteiger partial charge in [-0.2, -0.15) is 0 Å². The lowest BCUT2D eigenvalue weighted by molar-refractivity contribution is 0.0141. The SMILES string of the molecule is CC1CC2CC(C)CC(CCNc3ccccc3C(=N)CCCN3CCCCC3)(C1)C2. The number of piperidine rings is 1. The quantitative estimate of drug-likeness (QED) is 0.421. The van der Waals surface area contributed by atoms with Crippen LogP contribution in [-0.2, 0) is 0 Å². The fraction of sp³-hybridized carbons (Fsp3) is 0.750. The smallest absolute Gasteiger partial charge is 0.0432 e. The van der Waals surface area contributed by atoms with Crippen LogP contribution in [0.5, 0.6) is 0 Å². The second-order valence-corrected chi connectivity index (χ2v) is 11.4. The Labute approximate surface area is 190 Å². The molecule has 0 aromatic heterocycles. The lowest BCUT2D eigenvalue weighted by Crippen LogP contribution is -2.40. The Hall–Kier alpha value is -1.35. The molecule has 172 valence electrons. The van der Waals surface area contributed by atoms with Gasteiger partial charge in [0.2, 0.25) is 0 Å². The van der Waals surface area contributed by atoms with Crippen molar-refractivity contribution in [1.82, 2.24) is 4.90 Å². The Morgan fingerprint density at radius 2 is 1.74 bits per heavy atom. The van der Waals surface area contributed by atoms with E-state index in [1.165, 1.54) is 76.6 Å². The van der Waals surface area contributed by atoms with Crippen molar-refractivity contribution < 1.29 is 0 Å². The van der Waals surface area contributed by atoms with Crippen molar-refractivity contribution in [2.75, 3.05) is 31.5 Å². The van der Waals surface area contributed by atoms with E-state index in [0.717, 1.165) is 55.0 Å². The molecule has 3 aliphatic rings. The molecule has 2 bridgehead atoms. The highest BCUT2D eigenvalue weighted by atomic mass is 15.1. The predicted molar refractivity (Wildman–Crippen MR) is 133 cm³/mol. The summed E-state index contributed by atoms with van der Waals surface area (Å²) < 4.78 is 0. The maximum Gasteiger partial charge on any atom is 0.0432 e. The monoisotopic (exact) mass is 423 g/mol. The standard InChI is InChI=1S/C28H45N3/c1-22-17-24-18-23(2)20-28(19-22,21-24)12-13-30-27-11-5-4-9-25(27)26(29)10-8-16-31-14-6-3-7-15-31/h4-5,9,11,22-24,29-30H,3,6-8,10,12-21H2,1-2H3. The van der Waals surface area contributed by atoms with Crippen LogP contribution in [0, 0.1) is 28.6 Å². The number of para-hydroxylation sites is 1. The van der Waals surface area contributed by atoms with Crippen molar-refractivity contribution >= 4 is 11.4 Å². The van der Waals surface area contributed by atoms with Crippen molar-refractivity contribution in [3.8, 4) is 0 Å². The summed E-state index contributed by atoms with van der Waals surface area (Å²) in [5.41, 5.74) is 3.65. The van der Waals surface area contributed by atoms with Crippen LogP contribution in [0.1, 0.15) is 90.0 Å². The first-order valence-corrected chi connectivity index (χ1v) is 13.2. The molecule has 3 fully saturated rings. The zero-order chi connectivity index (χ0) is 21.7. The lowest BCUT2D eigenvalue weighted by atomic mass is 9.56. The van der Waals surface area contributed by atoms with Gasteiger partial charge >= 0.3 is 0 Å². The summed E-state index contributed by atoms with van der Waals surface area (Å²) in [6.07, 6.45) is 14.6. The molecule has 2 saturated carbocycles. The highest BCUT2D eigenvalue weighted by Crippen LogP contribution is 2.54. The van der Waals surface area contributed by atoms with Gasteiger partial charge in [0.15, 0.2) is 0 Å². The molecular weight excluding hydrogens is 378 g/mol. The molecule has 3 heteroatoms. The van der Waals surface area contributed by atoms with Crippen LogP contribution in [0.15, 0.2) is 24.3 Å². The summed E-state index contributed by atoms with van der Waals surface area (Å²) in [4.78, 5) is 2.59. The summed E-state index contributed by atoms with van der Waals surface area (Å²) in [6.45, 7) is 9.66. The van der Waals surface area contributed by atoms with Gasteiger partial charge in [-0.1, -0.05) is 38.5 Å². The molecule has 0 spiro atoms. The average Bonchev–Trinajstić information content (AvgIpc) is 2.73. The topological polar surface area (TPSA) is 39.1 Å². The van der Waals surface area contributed by atoms with E-state index in [1.54, 1.807) is 0 Å². The third-order valence-electron chi connectivity index (χ3n) is 8.33. The van der Waals surface area contributed by atoms with Gasteiger partial charge in [-0.15, -0.1) is 0 Å². The first kappa shape index (κ1) is 22.8. The summed E-state index contributed by atoms with van der Waals surface area (Å²) in [7, 11) is 0. The van der Waals surface area contributed by atoms with Crippen molar-refractivity contribution in [3.63, 3.8) is 0 Å². The fourth-order valence-electron chi connectivity index (χ4n) is 7.37. The van der Waals surface area contributed by atoms with Gasteiger partial charge in [-0.05, 0) is 113 Å². The van der Waals surface area contributed by atoms with Crippen LogP contribution in [0.2, 0.25) is 0 Å². The average molecular weight is 424 g/mol. The summed E-state index contributed by atoms with van der Waals surface area (Å²) >= 11 is 0. The van der Waals surface area contributed by atoms with E-state index < -0.39 is 0 Å². The molecule has 1 aliphatic heterocycles. The van der Waals surface area contributed by atoms with Gasteiger partial charge in [0.1, 0.15) is 0 Å². The summed E-state index contributed by atoms with van der Waals surface area (Å²) in [6, 6.07) is 8.54. The second kappa shape index (κ2) is 10.5. The zero-order valence-corrected chi connectivity index (χ0v) is 20.1. The van der Waals surface area contributed by atoms with Crippen molar-refractivity contribution in [2.24, 2.45) is 23.2 Å². The van der Waals surface area contributed by atoms with Gasteiger partial charge in [0.05, 0.1) is 0 Å². The van der Waals surface area contributed by atoms with Crippen LogP contribution >= 0.6 is 0 Å². The van der Waals surface area contributed by atoms with Gasteiger partial charge in [0.25, 0.3) is 0 Å². The van der Waals surface area contributed by atoms with Gasteiger partial charge < -0.3 is 15.6 Å². The Morgan fingerprint density at radius 3 is 2.48 bits per heavy atom. The minimum atomic E-state index is 0.559. The van der Waals surface area contributed by atoms with Crippen LogP contribution in [0.3, 0.4) is 0 Å². The fourth-order valence-corrected chi connectivity index (χ4v) is 7.37. The van der Waals surface area contributed by atoms with E-state index in [1.807, 2.05) is 0 Å². The highest BCUT2D eigenvalue weighted by Gasteiger charge is 2.43. The molecule has 3 nitrogen and oxygen atoms in total. The molecule has 0 radical (unpaired) electrons. The number of likely N-dealkylation sites (tertiary alicyclic amines) is 1. The number of hydrogen-bond donors (Lipinski definition) is 2. The third-order valence-corrected chi connectivity index (χ3v) is 8.33. The van der Waals surface area contributed by atoms with Crippen LogP contribution < -0.4 is 5.32 Å². The lowest BCUT2D eigenvalue weighted by Gasteiger charge is -2.50. The third kappa shape index (κ3) is 6.12. The number of fused-ring (bicyclic) bond motifs is 2. The van der Waals surface area contributed by atoms with Crippen molar-refractivity contribution in [2.45, 2.75) is 84.5 Å². The van der Waals surface area contributed by atoms with Crippen molar-refractivity contribution in [1.29, 1.82) is 5.41 Å². The molecule has 4 rings (SSSR count). The Balaban J connectivity index is 1.29. The Bertz CT molecular complexity index is 701. The van der Waals surface area contributed by atoms with E-state index in [-0.39, 0.29) is 0 Å². The van der Waals surface area contributed by atoms with E-state index >= 15 is 0 Å². The first-order valence-electron chi connectivity index (χ1n) is 13.2. The molecular formula is C28H45N3.